The zero-order chi connectivity index (χ0) is 32.2. The number of hydrogen-bond donors (Lipinski definition) is 0. The van der Waals surface area contributed by atoms with Crippen LogP contribution in [0.15, 0.2) is 90.5 Å². The van der Waals surface area contributed by atoms with Crippen LogP contribution in [-0.4, -0.2) is 40.5 Å². The predicted octanol–water partition coefficient (Wildman–Crippen LogP) is 9.36. The molecule has 47 heavy (non-hydrogen) atoms. The Hall–Kier alpha value is -4.48. The Bertz CT molecular complexity index is 1940. The van der Waals surface area contributed by atoms with E-state index in [-0.39, 0.29) is 5.41 Å². The molecule has 2 aliphatic carbocycles. The first-order valence-corrected chi connectivity index (χ1v) is 17.1. The van der Waals surface area contributed by atoms with Gasteiger partial charge in [-0.2, -0.15) is 0 Å². The van der Waals surface area contributed by atoms with Crippen LogP contribution in [0.5, 0.6) is 17.2 Å². The summed E-state index contributed by atoms with van der Waals surface area (Å²) in [6.07, 6.45) is 15.3. The van der Waals surface area contributed by atoms with Crippen LogP contribution in [0, 0.1) is 0 Å². The van der Waals surface area contributed by atoms with Gasteiger partial charge in [0.25, 0.3) is 0 Å². The van der Waals surface area contributed by atoms with Gasteiger partial charge in [-0.3, -0.25) is 0 Å². The minimum absolute atomic E-state index is 0.127. The van der Waals surface area contributed by atoms with Gasteiger partial charge in [0.15, 0.2) is 17.1 Å². The molecule has 1 atom stereocenters. The molecule has 0 bridgehead atoms. The van der Waals surface area contributed by atoms with Gasteiger partial charge in [0.05, 0.1) is 27.4 Å². The Morgan fingerprint density at radius 3 is 2.28 bits per heavy atom. The van der Waals surface area contributed by atoms with Gasteiger partial charge in [0, 0.05) is 40.7 Å². The molecule has 1 saturated heterocycles. The van der Waals surface area contributed by atoms with E-state index in [0.717, 1.165) is 79.8 Å². The molecule has 1 unspecified atom stereocenters. The lowest BCUT2D eigenvalue weighted by atomic mass is 9.71. The minimum atomic E-state index is -0.748. The van der Waals surface area contributed by atoms with Crippen molar-refractivity contribution in [2.45, 2.75) is 50.5 Å². The third kappa shape index (κ3) is 4.39. The number of fused-ring (bicyclic) bond motifs is 8. The lowest BCUT2D eigenvalue weighted by Gasteiger charge is -2.41. The summed E-state index contributed by atoms with van der Waals surface area (Å²) < 4.78 is 25.0. The van der Waals surface area contributed by atoms with Crippen LogP contribution in [0.1, 0.15) is 61.8 Å². The second-order valence-corrected chi connectivity index (χ2v) is 13.1. The first kappa shape index (κ1) is 29.9. The maximum Gasteiger partial charge on any atom is 0.174 e. The molecule has 8 rings (SSSR count). The van der Waals surface area contributed by atoms with E-state index in [2.05, 4.69) is 110 Å². The van der Waals surface area contributed by atoms with Gasteiger partial charge in [-0.15, -0.1) is 0 Å². The Labute approximate surface area is 278 Å². The summed E-state index contributed by atoms with van der Waals surface area (Å²) in [5, 5.41) is 2.18. The standard InChI is InChI=1S/C42H43NO4/c1-5-41(6-2)35-15-11-10-14-31(35)38-33-26-36(44-3)37(45-4)27-34(33)40-32(39(38)41)20-21-42(47-40,28-12-8-7-9-13-28)29-16-18-30(19-17-29)43-22-24-46-25-23-43/h7-8,10-12,14-21,26-27H,5-6,9,13,22-25H2,1-4H3. The summed E-state index contributed by atoms with van der Waals surface area (Å²) in [7, 11) is 3.42. The van der Waals surface area contributed by atoms with E-state index in [1.165, 1.54) is 39.1 Å². The molecule has 0 spiro atoms. The predicted molar refractivity (Wildman–Crippen MR) is 191 cm³/mol. The molecule has 0 saturated carbocycles. The number of allylic oxidation sites excluding steroid dienone is 3. The van der Waals surface area contributed by atoms with Gasteiger partial charge < -0.3 is 23.8 Å². The first-order valence-electron chi connectivity index (χ1n) is 17.1. The van der Waals surface area contributed by atoms with Gasteiger partial charge >= 0.3 is 0 Å². The quantitative estimate of drug-likeness (QED) is 0.205. The van der Waals surface area contributed by atoms with Crippen molar-refractivity contribution in [3.63, 3.8) is 0 Å². The summed E-state index contributed by atoms with van der Waals surface area (Å²) in [5.74, 6) is 2.33. The topological polar surface area (TPSA) is 40.2 Å². The molecule has 4 aromatic carbocycles. The van der Waals surface area contributed by atoms with Crippen LogP contribution >= 0.6 is 0 Å². The summed E-state index contributed by atoms with van der Waals surface area (Å²) >= 11 is 0. The Morgan fingerprint density at radius 2 is 1.60 bits per heavy atom. The maximum atomic E-state index is 7.60. The van der Waals surface area contributed by atoms with E-state index in [4.69, 9.17) is 18.9 Å². The van der Waals surface area contributed by atoms with E-state index in [1.54, 1.807) is 14.2 Å². The fourth-order valence-corrected chi connectivity index (χ4v) is 8.65. The molecular weight excluding hydrogens is 582 g/mol. The molecule has 2 heterocycles. The smallest absolute Gasteiger partial charge is 0.174 e. The zero-order valence-corrected chi connectivity index (χ0v) is 27.9. The average Bonchev–Trinajstić information content (AvgIpc) is 3.45. The molecule has 1 fully saturated rings. The van der Waals surface area contributed by atoms with Crippen LogP contribution < -0.4 is 19.1 Å². The van der Waals surface area contributed by atoms with E-state index < -0.39 is 5.60 Å². The van der Waals surface area contributed by atoms with E-state index in [1.807, 2.05) is 0 Å². The van der Waals surface area contributed by atoms with Crippen molar-refractivity contribution in [2.75, 3.05) is 45.4 Å². The molecule has 0 N–H and O–H groups in total. The molecule has 5 heteroatoms. The number of anilines is 1. The fraction of sp³-hybridized carbons (Fsp3) is 0.333. The third-order valence-corrected chi connectivity index (χ3v) is 11.1. The number of methoxy groups -OCH3 is 2. The van der Waals surface area contributed by atoms with Gasteiger partial charge in [-0.05, 0) is 89.2 Å². The fourth-order valence-electron chi connectivity index (χ4n) is 8.65. The van der Waals surface area contributed by atoms with Crippen LogP contribution in [0.2, 0.25) is 0 Å². The molecule has 5 nitrogen and oxygen atoms in total. The Kier molecular flexibility index (Phi) is 7.40. The van der Waals surface area contributed by atoms with Crippen molar-refractivity contribution < 1.29 is 18.9 Å². The highest BCUT2D eigenvalue weighted by Crippen LogP contribution is 2.61. The minimum Gasteiger partial charge on any atom is -0.493 e. The number of ether oxygens (including phenoxy) is 4. The summed E-state index contributed by atoms with van der Waals surface area (Å²) in [6, 6.07) is 22.3. The summed E-state index contributed by atoms with van der Waals surface area (Å²) in [4.78, 5) is 2.40. The van der Waals surface area contributed by atoms with Gasteiger partial charge in [-0.25, -0.2) is 0 Å². The molecule has 0 amide bonds. The van der Waals surface area contributed by atoms with Crippen molar-refractivity contribution >= 4 is 22.5 Å². The lowest BCUT2D eigenvalue weighted by molar-refractivity contribution is 0.122. The molecule has 240 valence electrons. The van der Waals surface area contributed by atoms with E-state index in [0.29, 0.717) is 5.75 Å². The third-order valence-electron chi connectivity index (χ3n) is 11.1. The molecule has 0 radical (unpaired) electrons. The van der Waals surface area contributed by atoms with Gasteiger partial charge in [0.2, 0.25) is 0 Å². The second-order valence-electron chi connectivity index (χ2n) is 13.1. The highest BCUT2D eigenvalue weighted by Gasteiger charge is 2.47. The molecule has 4 aromatic rings. The SMILES string of the molecule is CCC1(CC)c2ccccc2-c2c1c1c(c3cc(OC)c(OC)cc23)OC(C2=CC=CCC2)(c2ccc(N3CCOCC3)cc2)C=C1. The van der Waals surface area contributed by atoms with Crippen LogP contribution in [0.25, 0.3) is 28.0 Å². The van der Waals surface area contributed by atoms with Crippen LogP contribution in [-0.2, 0) is 15.8 Å². The molecule has 0 aromatic heterocycles. The number of nitrogens with zero attached hydrogens (tertiary/aromatic N) is 1. The monoisotopic (exact) mass is 625 g/mol. The average molecular weight is 626 g/mol. The molecular formula is C42H43NO4. The summed E-state index contributed by atoms with van der Waals surface area (Å²) in [5.41, 5.74) is 9.26. The largest absolute Gasteiger partial charge is 0.493 e. The molecule has 2 aliphatic heterocycles. The molecule has 4 aliphatic rings. The summed E-state index contributed by atoms with van der Waals surface area (Å²) in [6.45, 7) is 8.00. The first-order chi connectivity index (χ1) is 23.1. The van der Waals surface area contributed by atoms with Crippen molar-refractivity contribution in [3.05, 3.63) is 113 Å². The van der Waals surface area contributed by atoms with Crippen molar-refractivity contribution in [3.8, 4) is 28.4 Å². The number of hydrogen-bond acceptors (Lipinski definition) is 5. The van der Waals surface area contributed by atoms with Gasteiger partial charge in [-0.1, -0.05) is 74.5 Å². The van der Waals surface area contributed by atoms with Gasteiger partial charge in [0.1, 0.15) is 5.75 Å². The van der Waals surface area contributed by atoms with E-state index >= 15 is 0 Å². The lowest BCUT2D eigenvalue weighted by Crippen LogP contribution is -2.37. The zero-order valence-electron chi connectivity index (χ0n) is 27.9. The van der Waals surface area contributed by atoms with Crippen LogP contribution in [0.3, 0.4) is 0 Å². The number of rotatable bonds is 7. The van der Waals surface area contributed by atoms with Crippen molar-refractivity contribution in [1.29, 1.82) is 0 Å². The number of morpholine rings is 1. The second kappa shape index (κ2) is 11.6. The Balaban J connectivity index is 1.40. The van der Waals surface area contributed by atoms with Crippen LogP contribution in [0.4, 0.5) is 5.69 Å². The maximum absolute atomic E-state index is 7.60. The van der Waals surface area contributed by atoms with Crippen molar-refractivity contribution in [2.24, 2.45) is 0 Å². The highest BCUT2D eigenvalue weighted by molar-refractivity contribution is 6.09. The number of benzene rings is 4. The van der Waals surface area contributed by atoms with Crippen molar-refractivity contribution in [1.82, 2.24) is 0 Å². The highest BCUT2D eigenvalue weighted by atomic mass is 16.5. The Morgan fingerprint density at radius 1 is 0.872 bits per heavy atom. The van der Waals surface area contributed by atoms with E-state index in [9.17, 15) is 0 Å². The normalized spacial score (nSPS) is 20.7.